The highest BCUT2D eigenvalue weighted by atomic mass is 32.1. The van der Waals surface area contributed by atoms with Gasteiger partial charge in [-0.3, -0.25) is 19.2 Å². The minimum Gasteiger partial charge on any atom is -0.288 e. The zero-order valence-electron chi connectivity index (χ0n) is 24.8. The fourth-order valence-electron chi connectivity index (χ4n) is 7.46. The van der Waals surface area contributed by atoms with Gasteiger partial charge in [-0.1, -0.05) is 82.3 Å². The molecule has 0 saturated carbocycles. The van der Waals surface area contributed by atoms with Gasteiger partial charge in [-0.25, -0.2) is 0 Å². The van der Waals surface area contributed by atoms with Crippen molar-refractivity contribution in [2.45, 2.75) is 33.1 Å². The maximum Gasteiger partial charge on any atom is 0.197 e. The van der Waals surface area contributed by atoms with Crippen LogP contribution >= 0.6 is 34.0 Å². The van der Waals surface area contributed by atoms with E-state index in [1.54, 1.807) is 88.6 Å². The summed E-state index contributed by atoms with van der Waals surface area (Å²) in [5.41, 5.74) is 6.58. The number of carbonyl (C=O) groups is 4. The van der Waals surface area contributed by atoms with Crippen LogP contribution in [0.2, 0.25) is 0 Å². The van der Waals surface area contributed by atoms with Gasteiger partial charge < -0.3 is 0 Å². The number of carbonyl (C=O) groups excluding carboxylic acids is 4. The third-order valence-electron chi connectivity index (χ3n) is 9.84. The van der Waals surface area contributed by atoms with Crippen LogP contribution in [0.4, 0.5) is 0 Å². The fraction of sp³-hybridized carbons (Fsp3) is 0.158. The van der Waals surface area contributed by atoms with E-state index >= 15 is 0 Å². The molecule has 2 aromatic carbocycles. The molecule has 0 fully saturated rings. The average Bonchev–Trinajstić information content (AvgIpc) is 3.83. The molecule has 0 radical (unpaired) electrons. The third-order valence-corrected chi connectivity index (χ3v) is 13.7. The smallest absolute Gasteiger partial charge is 0.197 e. The molecule has 0 bridgehead atoms. The van der Waals surface area contributed by atoms with E-state index in [1.165, 1.54) is 35.7 Å². The Morgan fingerprint density at radius 2 is 1.13 bits per heavy atom. The van der Waals surface area contributed by atoms with Gasteiger partial charge in [0.25, 0.3) is 0 Å². The SMILES string of the molecule is CC1(C)C(C=C2C(=O)c3ccccc3C2=O)=CC2=C1c1sc3c(sc4cc(C=C5C(=O)c6ccccc6C5=O)sc43)c1C2(C)C. The van der Waals surface area contributed by atoms with Gasteiger partial charge in [0.05, 0.1) is 25.2 Å². The van der Waals surface area contributed by atoms with Gasteiger partial charge in [-0.15, -0.1) is 34.0 Å². The number of hydrogen-bond donors (Lipinski definition) is 0. The van der Waals surface area contributed by atoms with Crippen LogP contribution in [0.3, 0.4) is 0 Å². The normalized spacial score (nSPS) is 19.2. The molecule has 0 spiro atoms. The predicted molar refractivity (Wildman–Crippen MR) is 183 cm³/mol. The van der Waals surface area contributed by atoms with Gasteiger partial charge in [0.1, 0.15) is 0 Å². The van der Waals surface area contributed by atoms with Gasteiger partial charge in [-0.05, 0) is 40.5 Å². The highest BCUT2D eigenvalue weighted by Gasteiger charge is 2.50. The minimum atomic E-state index is -0.393. The van der Waals surface area contributed by atoms with E-state index in [-0.39, 0.29) is 39.7 Å². The van der Waals surface area contributed by atoms with E-state index in [9.17, 15) is 19.2 Å². The lowest BCUT2D eigenvalue weighted by molar-refractivity contribution is 0.0974. The van der Waals surface area contributed by atoms with Gasteiger partial charge in [0, 0.05) is 47.5 Å². The van der Waals surface area contributed by atoms with Gasteiger partial charge in [0.15, 0.2) is 23.1 Å². The zero-order valence-corrected chi connectivity index (χ0v) is 27.2. The Kier molecular flexibility index (Phi) is 5.23. The molecular formula is C38H24O4S3. The third kappa shape index (κ3) is 3.35. The first-order chi connectivity index (χ1) is 21.5. The van der Waals surface area contributed by atoms with Crippen LogP contribution in [0, 0.1) is 5.41 Å². The average molecular weight is 641 g/mol. The number of allylic oxidation sites excluding steroid dienone is 7. The second kappa shape index (κ2) is 8.69. The monoisotopic (exact) mass is 640 g/mol. The van der Waals surface area contributed by atoms with Crippen LogP contribution in [0.1, 0.15) is 84.4 Å². The van der Waals surface area contributed by atoms with Crippen molar-refractivity contribution >= 4 is 87.6 Å². The summed E-state index contributed by atoms with van der Waals surface area (Å²) < 4.78 is 4.87. The molecule has 0 unspecified atom stereocenters. The Labute approximate surface area is 270 Å². The van der Waals surface area contributed by atoms with Crippen LogP contribution in [0.15, 0.2) is 89.0 Å². The molecule has 4 nitrogen and oxygen atoms in total. The first kappa shape index (κ1) is 27.0. The lowest BCUT2D eigenvalue weighted by atomic mass is 9.79. The summed E-state index contributed by atoms with van der Waals surface area (Å²) in [7, 11) is 0. The molecule has 5 aromatic rings. The molecule has 9 rings (SSSR count). The van der Waals surface area contributed by atoms with E-state index in [0.29, 0.717) is 22.3 Å². The lowest BCUT2D eigenvalue weighted by Gasteiger charge is -2.25. The van der Waals surface area contributed by atoms with Crippen LogP contribution < -0.4 is 0 Å². The van der Waals surface area contributed by atoms with Crippen molar-refractivity contribution in [1.29, 1.82) is 0 Å². The maximum atomic E-state index is 13.2. The standard InChI is InChI=1S/C38H24O4S3/c1-37(2)17(13-23-29(39)19-9-5-6-10-20(19)30(23)40)14-25-27(37)34-28(38(25,3)4)35-36(45-34)33-26(44-35)16-18(43-33)15-24-31(41)21-11-7-8-12-22(21)32(24)42/h5-16H,1-4H3. The number of Topliss-reactive ketones (excluding diaryl/α,β-unsaturated/α-hetero) is 4. The Morgan fingerprint density at radius 3 is 1.69 bits per heavy atom. The van der Waals surface area contributed by atoms with Gasteiger partial charge >= 0.3 is 0 Å². The molecule has 0 aliphatic heterocycles. The van der Waals surface area contributed by atoms with Crippen LogP contribution in [0.25, 0.3) is 30.4 Å². The zero-order chi connectivity index (χ0) is 31.2. The second-order valence-corrected chi connectivity index (χ2v) is 16.2. The summed E-state index contributed by atoms with van der Waals surface area (Å²) in [4.78, 5) is 54.6. The van der Waals surface area contributed by atoms with Crippen molar-refractivity contribution in [3.05, 3.63) is 127 Å². The summed E-state index contributed by atoms with van der Waals surface area (Å²) >= 11 is 5.21. The summed E-state index contributed by atoms with van der Waals surface area (Å²) in [6.07, 6.45) is 5.79. The molecule has 3 aromatic heterocycles. The van der Waals surface area contributed by atoms with Crippen molar-refractivity contribution in [3.8, 4) is 0 Å². The van der Waals surface area contributed by atoms with Crippen molar-refractivity contribution in [3.63, 3.8) is 0 Å². The number of fused-ring (bicyclic) bond motifs is 8. The van der Waals surface area contributed by atoms with Gasteiger partial charge in [-0.2, -0.15) is 0 Å². The molecule has 3 heterocycles. The van der Waals surface area contributed by atoms with E-state index in [1.807, 2.05) is 6.08 Å². The summed E-state index contributed by atoms with van der Waals surface area (Å²) in [5.74, 6) is -0.820. The largest absolute Gasteiger partial charge is 0.288 e. The minimum absolute atomic E-state index is 0.202. The summed E-state index contributed by atoms with van der Waals surface area (Å²) in [6, 6.07) is 16.2. The molecule has 0 saturated heterocycles. The number of hydrogen-bond acceptors (Lipinski definition) is 7. The summed E-state index contributed by atoms with van der Waals surface area (Å²) in [6.45, 7) is 8.91. The van der Waals surface area contributed by atoms with E-state index in [2.05, 4.69) is 39.8 Å². The molecule has 4 aliphatic carbocycles. The van der Waals surface area contributed by atoms with Crippen molar-refractivity contribution in [1.82, 2.24) is 0 Å². The number of ketones is 4. The summed E-state index contributed by atoms with van der Waals surface area (Å²) in [5, 5.41) is 0. The van der Waals surface area contributed by atoms with E-state index < -0.39 is 5.41 Å². The second-order valence-electron chi connectivity index (χ2n) is 13.1. The lowest BCUT2D eigenvalue weighted by Crippen LogP contribution is -2.15. The van der Waals surface area contributed by atoms with Crippen LogP contribution in [-0.2, 0) is 5.41 Å². The quantitative estimate of drug-likeness (QED) is 0.142. The Bertz CT molecular complexity index is 2370. The Morgan fingerprint density at radius 1 is 0.600 bits per heavy atom. The van der Waals surface area contributed by atoms with Crippen molar-refractivity contribution in [2.24, 2.45) is 5.41 Å². The molecule has 4 aliphatic rings. The Balaban J connectivity index is 1.12. The molecule has 0 N–H and O–H groups in total. The first-order valence-corrected chi connectivity index (χ1v) is 17.2. The predicted octanol–water partition coefficient (Wildman–Crippen LogP) is 9.66. The number of benzene rings is 2. The van der Waals surface area contributed by atoms with E-state index in [4.69, 9.17) is 0 Å². The highest BCUT2D eigenvalue weighted by Crippen LogP contribution is 2.65. The number of rotatable bonds is 2. The number of thiophene rings is 3. The first-order valence-electron chi connectivity index (χ1n) is 14.8. The van der Waals surface area contributed by atoms with Crippen molar-refractivity contribution in [2.75, 3.05) is 0 Å². The fourth-order valence-corrected chi connectivity index (χ4v) is 12.2. The molecule has 7 heteroatoms. The van der Waals surface area contributed by atoms with Crippen LogP contribution in [-0.4, -0.2) is 23.1 Å². The van der Waals surface area contributed by atoms with Gasteiger partial charge in [0.2, 0.25) is 0 Å². The Hall–Kier alpha value is -4.30. The maximum absolute atomic E-state index is 13.2. The topological polar surface area (TPSA) is 68.3 Å². The molecule has 218 valence electrons. The highest BCUT2D eigenvalue weighted by molar-refractivity contribution is 7.39. The van der Waals surface area contributed by atoms with Crippen molar-refractivity contribution < 1.29 is 19.2 Å². The molecule has 0 amide bonds. The molecule has 45 heavy (non-hydrogen) atoms. The van der Waals surface area contributed by atoms with Crippen LogP contribution in [0.5, 0.6) is 0 Å². The molecular weight excluding hydrogens is 617 g/mol. The molecule has 0 atom stereocenters. The van der Waals surface area contributed by atoms with E-state index in [0.717, 1.165) is 15.2 Å².